The maximum atomic E-state index is 12.5. The molecule has 1 amide bonds. The third kappa shape index (κ3) is 3.43. The van der Waals surface area contributed by atoms with E-state index >= 15 is 0 Å². The number of aromatic nitrogens is 1. The topological polar surface area (TPSA) is 59.5 Å². The number of hydrogen-bond acceptors (Lipinski definition) is 5. The molecule has 1 aliphatic rings. The lowest BCUT2D eigenvalue weighted by Crippen LogP contribution is -2.51. The number of nitrogens with zero attached hydrogens (tertiary/aromatic N) is 2. The maximum Gasteiger partial charge on any atom is 0.329 e. The lowest BCUT2D eigenvalue weighted by atomic mass is 10.2. The van der Waals surface area contributed by atoms with E-state index in [0.29, 0.717) is 24.5 Å². The summed E-state index contributed by atoms with van der Waals surface area (Å²) in [6, 6.07) is 2.57. The molecular formula is C13H15ClN2O3S. The fraction of sp³-hybridized carbons (Fsp3) is 0.462. The van der Waals surface area contributed by atoms with Crippen LogP contribution in [-0.4, -0.2) is 52.5 Å². The van der Waals surface area contributed by atoms with Gasteiger partial charge in [0.2, 0.25) is 0 Å². The summed E-state index contributed by atoms with van der Waals surface area (Å²) in [5, 5.41) is 0.259. The van der Waals surface area contributed by atoms with E-state index in [1.54, 1.807) is 29.7 Å². The standard InChI is InChI=1S/C13H15ClN2O3S/c1-2-19-13(18)10-8-20-6-5-16(10)12(17)9-3-4-15-11(14)7-9/h3-4,7,10H,2,5-6,8H2,1H3. The molecule has 0 aromatic carbocycles. The van der Waals surface area contributed by atoms with Crippen molar-refractivity contribution in [1.29, 1.82) is 0 Å². The highest BCUT2D eigenvalue weighted by molar-refractivity contribution is 7.99. The van der Waals surface area contributed by atoms with E-state index in [2.05, 4.69) is 4.98 Å². The van der Waals surface area contributed by atoms with Crippen molar-refractivity contribution < 1.29 is 14.3 Å². The van der Waals surface area contributed by atoms with Gasteiger partial charge in [-0.15, -0.1) is 0 Å². The first-order valence-electron chi connectivity index (χ1n) is 6.30. The Morgan fingerprint density at radius 3 is 3.10 bits per heavy atom. The first-order chi connectivity index (χ1) is 9.63. The molecule has 2 rings (SSSR count). The molecule has 0 saturated carbocycles. The molecule has 0 radical (unpaired) electrons. The zero-order valence-corrected chi connectivity index (χ0v) is 12.6. The number of rotatable bonds is 3. The van der Waals surface area contributed by atoms with Crippen molar-refractivity contribution in [3.05, 3.63) is 29.0 Å². The summed E-state index contributed by atoms with van der Waals surface area (Å²) in [5.74, 6) is 0.796. The lowest BCUT2D eigenvalue weighted by molar-refractivity contribution is -0.147. The third-order valence-electron chi connectivity index (χ3n) is 2.92. The van der Waals surface area contributed by atoms with E-state index in [9.17, 15) is 9.59 Å². The Bertz CT molecular complexity index is 512. The molecule has 1 fully saturated rings. The van der Waals surface area contributed by atoms with Gasteiger partial charge in [0.05, 0.1) is 6.61 Å². The van der Waals surface area contributed by atoms with E-state index in [-0.39, 0.29) is 17.0 Å². The van der Waals surface area contributed by atoms with Crippen LogP contribution in [0.4, 0.5) is 0 Å². The molecule has 1 atom stereocenters. The van der Waals surface area contributed by atoms with Gasteiger partial charge >= 0.3 is 5.97 Å². The molecule has 0 aliphatic carbocycles. The highest BCUT2D eigenvalue weighted by Gasteiger charge is 2.34. The zero-order chi connectivity index (χ0) is 14.5. The Kier molecular flexibility index (Phi) is 5.25. The fourth-order valence-corrected chi connectivity index (χ4v) is 3.19. The first kappa shape index (κ1) is 15.1. The molecule has 1 unspecified atom stereocenters. The van der Waals surface area contributed by atoms with Crippen molar-refractivity contribution in [2.45, 2.75) is 13.0 Å². The molecule has 5 nitrogen and oxygen atoms in total. The molecule has 0 bridgehead atoms. The smallest absolute Gasteiger partial charge is 0.329 e. The number of pyridine rings is 1. The van der Waals surface area contributed by atoms with Gasteiger partial charge in [-0.1, -0.05) is 11.6 Å². The van der Waals surface area contributed by atoms with Crippen molar-refractivity contribution in [3.63, 3.8) is 0 Å². The van der Waals surface area contributed by atoms with Crippen molar-refractivity contribution in [1.82, 2.24) is 9.88 Å². The SMILES string of the molecule is CCOC(=O)C1CSCCN1C(=O)c1ccnc(Cl)c1. The highest BCUT2D eigenvalue weighted by Crippen LogP contribution is 2.21. The maximum absolute atomic E-state index is 12.5. The second-order valence-electron chi connectivity index (χ2n) is 4.21. The van der Waals surface area contributed by atoms with Crippen molar-refractivity contribution >= 4 is 35.2 Å². The van der Waals surface area contributed by atoms with Crippen LogP contribution < -0.4 is 0 Å². The van der Waals surface area contributed by atoms with Crippen LogP contribution >= 0.6 is 23.4 Å². The van der Waals surface area contributed by atoms with Gasteiger partial charge in [-0.25, -0.2) is 9.78 Å². The molecule has 108 valence electrons. The van der Waals surface area contributed by atoms with E-state index in [1.165, 1.54) is 12.3 Å². The van der Waals surface area contributed by atoms with E-state index < -0.39 is 6.04 Å². The van der Waals surface area contributed by atoms with Crippen LogP contribution in [0.3, 0.4) is 0 Å². The van der Waals surface area contributed by atoms with Crippen LogP contribution in [0.15, 0.2) is 18.3 Å². The largest absolute Gasteiger partial charge is 0.464 e. The van der Waals surface area contributed by atoms with Crippen molar-refractivity contribution in [2.75, 3.05) is 24.7 Å². The van der Waals surface area contributed by atoms with Crippen LogP contribution in [0.1, 0.15) is 17.3 Å². The monoisotopic (exact) mass is 314 g/mol. The zero-order valence-electron chi connectivity index (χ0n) is 11.0. The summed E-state index contributed by atoms with van der Waals surface area (Å²) in [5.41, 5.74) is 0.436. The van der Waals surface area contributed by atoms with Gasteiger partial charge in [0, 0.05) is 29.8 Å². The molecule has 1 saturated heterocycles. The van der Waals surface area contributed by atoms with Gasteiger partial charge in [-0.2, -0.15) is 11.8 Å². The quantitative estimate of drug-likeness (QED) is 0.629. The minimum absolute atomic E-state index is 0.215. The highest BCUT2D eigenvalue weighted by atomic mass is 35.5. The van der Waals surface area contributed by atoms with E-state index in [1.807, 2.05) is 0 Å². The van der Waals surface area contributed by atoms with Crippen LogP contribution in [-0.2, 0) is 9.53 Å². The number of carbonyl (C=O) groups excluding carboxylic acids is 2. The Hall–Kier alpha value is -1.27. The van der Waals surface area contributed by atoms with Gasteiger partial charge in [0.15, 0.2) is 0 Å². The Balaban J connectivity index is 2.19. The number of carbonyl (C=O) groups is 2. The van der Waals surface area contributed by atoms with Crippen LogP contribution in [0.25, 0.3) is 0 Å². The minimum Gasteiger partial charge on any atom is -0.464 e. The molecule has 1 aromatic rings. The summed E-state index contributed by atoms with van der Waals surface area (Å²) >= 11 is 7.44. The average molecular weight is 315 g/mol. The summed E-state index contributed by atoms with van der Waals surface area (Å²) < 4.78 is 5.04. The Morgan fingerprint density at radius 1 is 1.60 bits per heavy atom. The third-order valence-corrected chi connectivity index (χ3v) is 4.15. The van der Waals surface area contributed by atoms with E-state index in [0.717, 1.165) is 5.75 Å². The van der Waals surface area contributed by atoms with Crippen molar-refractivity contribution in [2.24, 2.45) is 0 Å². The van der Waals surface area contributed by atoms with Crippen LogP contribution in [0.5, 0.6) is 0 Å². The number of thioether (sulfide) groups is 1. The second kappa shape index (κ2) is 6.95. The minimum atomic E-state index is -0.534. The number of hydrogen-bond donors (Lipinski definition) is 0. The van der Waals surface area contributed by atoms with Crippen LogP contribution in [0.2, 0.25) is 5.15 Å². The molecule has 0 N–H and O–H groups in total. The number of esters is 1. The van der Waals surface area contributed by atoms with Gasteiger partial charge in [0.25, 0.3) is 5.91 Å². The molecule has 0 spiro atoms. The number of amides is 1. The van der Waals surface area contributed by atoms with Gasteiger partial charge in [-0.3, -0.25) is 4.79 Å². The second-order valence-corrected chi connectivity index (χ2v) is 5.75. The van der Waals surface area contributed by atoms with Gasteiger partial charge in [-0.05, 0) is 19.1 Å². The average Bonchev–Trinajstić information content (AvgIpc) is 2.47. The van der Waals surface area contributed by atoms with Gasteiger partial charge in [0.1, 0.15) is 11.2 Å². The van der Waals surface area contributed by atoms with Gasteiger partial charge < -0.3 is 9.64 Å². The molecule has 1 aromatic heterocycles. The molecular weight excluding hydrogens is 300 g/mol. The summed E-state index contributed by atoms with van der Waals surface area (Å²) in [7, 11) is 0. The first-order valence-corrected chi connectivity index (χ1v) is 7.83. The molecule has 20 heavy (non-hydrogen) atoms. The summed E-state index contributed by atoms with van der Waals surface area (Å²) in [6.45, 7) is 2.58. The number of halogens is 1. The molecule has 2 heterocycles. The normalized spacial score (nSPS) is 18.7. The lowest BCUT2D eigenvalue weighted by Gasteiger charge is -2.33. The van der Waals surface area contributed by atoms with E-state index in [4.69, 9.17) is 16.3 Å². The predicted molar refractivity (Wildman–Crippen MR) is 78.0 cm³/mol. The summed E-state index contributed by atoms with van der Waals surface area (Å²) in [4.78, 5) is 29.8. The molecule has 7 heteroatoms. The predicted octanol–water partition coefficient (Wildman–Crippen LogP) is 1.86. The van der Waals surface area contributed by atoms with Crippen LogP contribution in [0, 0.1) is 0 Å². The Labute approximate surface area is 126 Å². The summed E-state index contributed by atoms with van der Waals surface area (Å²) in [6.07, 6.45) is 1.48. The number of ether oxygens (including phenoxy) is 1. The van der Waals surface area contributed by atoms with Crippen molar-refractivity contribution in [3.8, 4) is 0 Å². The molecule has 1 aliphatic heterocycles. The Morgan fingerprint density at radius 2 is 2.40 bits per heavy atom. The fourth-order valence-electron chi connectivity index (χ4n) is 1.98.